The molecule has 1 aromatic heterocycles. The maximum atomic E-state index is 11.8. The second-order valence-electron chi connectivity index (χ2n) is 4.06. The van der Waals surface area contributed by atoms with Crippen LogP contribution in [0.5, 0.6) is 0 Å². The van der Waals surface area contributed by atoms with Gasteiger partial charge in [-0.05, 0) is 25.0 Å². The number of hydrogen-bond donors (Lipinski definition) is 1. The smallest absolute Gasteiger partial charge is 0.236 e. The Balaban J connectivity index is 2.00. The summed E-state index contributed by atoms with van der Waals surface area (Å²) in [6.45, 7) is 0.620. The predicted molar refractivity (Wildman–Crippen MR) is 65.3 cm³/mol. The fourth-order valence-electron chi connectivity index (χ4n) is 1.74. The van der Waals surface area contributed by atoms with Crippen LogP contribution in [0.2, 0.25) is 0 Å². The number of nitrogens with one attached hydrogen (secondary N) is 1. The summed E-state index contributed by atoms with van der Waals surface area (Å²) in [5, 5.41) is 8.61. The second-order valence-corrected chi connectivity index (χ2v) is 5.83. The summed E-state index contributed by atoms with van der Waals surface area (Å²) < 4.78 is 31.3. The molecule has 1 saturated heterocycles. The molecule has 1 unspecified atom stereocenters. The van der Waals surface area contributed by atoms with Crippen LogP contribution in [-0.4, -0.2) is 31.9 Å². The molecule has 0 spiro atoms. The minimum atomic E-state index is -3.46. The summed E-state index contributed by atoms with van der Waals surface area (Å²) >= 11 is 0. The van der Waals surface area contributed by atoms with Crippen LogP contribution >= 0.6 is 0 Å². The molecule has 2 heterocycles. The Kier molecular flexibility index (Phi) is 3.79. The van der Waals surface area contributed by atoms with E-state index in [1.54, 1.807) is 0 Å². The van der Waals surface area contributed by atoms with Crippen molar-refractivity contribution in [1.29, 1.82) is 5.26 Å². The van der Waals surface area contributed by atoms with Gasteiger partial charge in [-0.15, -0.1) is 0 Å². The molecule has 7 heteroatoms. The fourth-order valence-corrected chi connectivity index (χ4v) is 3.02. The van der Waals surface area contributed by atoms with Crippen LogP contribution < -0.4 is 4.72 Å². The molecule has 18 heavy (non-hydrogen) atoms. The minimum absolute atomic E-state index is 0.0608. The molecule has 0 aliphatic carbocycles. The molecule has 1 aliphatic heterocycles. The molecule has 1 aromatic rings. The van der Waals surface area contributed by atoms with Gasteiger partial charge >= 0.3 is 0 Å². The van der Waals surface area contributed by atoms with E-state index in [0.29, 0.717) is 12.2 Å². The minimum Gasteiger partial charge on any atom is -0.377 e. The lowest BCUT2D eigenvalue weighted by Gasteiger charge is -2.11. The molecule has 2 rings (SSSR count). The van der Waals surface area contributed by atoms with Gasteiger partial charge in [0.15, 0.2) is 0 Å². The number of anilines is 1. The molecule has 96 valence electrons. The average molecular weight is 267 g/mol. The molecular formula is C11H13N3O3S. The van der Waals surface area contributed by atoms with Crippen LogP contribution in [0.3, 0.4) is 0 Å². The highest BCUT2D eigenvalue weighted by Gasteiger charge is 2.23. The highest BCUT2D eigenvalue weighted by molar-refractivity contribution is 7.92. The van der Waals surface area contributed by atoms with Gasteiger partial charge in [-0.1, -0.05) is 0 Å². The standard InChI is InChI=1S/C11H13N3O3S/c12-6-9-3-4-11(13-7-9)14-18(15,16)8-10-2-1-5-17-10/h3-4,7,10H,1-2,5,8H2,(H,13,14). The highest BCUT2D eigenvalue weighted by atomic mass is 32.2. The lowest BCUT2D eigenvalue weighted by Crippen LogP contribution is -2.26. The van der Waals surface area contributed by atoms with Crippen molar-refractivity contribution in [3.63, 3.8) is 0 Å². The van der Waals surface area contributed by atoms with Gasteiger partial charge in [0.1, 0.15) is 11.9 Å². The van der Waals surface area contributed by atoms with E-state index < -0.39 is 10.0 Å². The Bertz CT molecular complexity index is 542. The summed E-state index contributed by atoms with van der Waals surface area (Å²) in [7, 11) is -3.46. The molecule has 1 aliphatic rings. The maximum absolute atomic E-state index is 11.8. The zero-order valence-corrected chi connectivity index (χ0v) is 10.5. The summed E-state index contributed by atoms with van der Waals surface area (Å²) in [5.74, 6) is 0.154. The summed E-state index contributed by atoms with van der Waals surface area (Å²) in [5.41, 5.74) is 0.386. The normalized spacial score (nSPS) is 19.4. The number of aromatic nitrogens is 1. The lowest BCUT2D eigenvalue weighted by molar-refractivity contribution is 0.127. The van der Waals surface area contributed by atoms with Crippen LogP contribution in [0.4, 0.5) is 5.82 Å². The summed E-state index contributed by atoms with van der Waals surface area (Å²) in [6.07, 6.45) is 2.75. The number of rotatable bonds is 4. The van der Waals surface area contributed by atoms with Crippen LogP contribution in [0.15, 0.2) is 18.3 Å². The zero-order valence-electron chi connectivity index (χ0n) is 9.67. The van der Waals surface area contributed by atoms with Crippen LogP contribution in [0.1, 0.15) is 18.4 Å². The van der Waals surface area contributed by atoms with E-state index in [2.05, 4.69) is 9.71 Å². The van der Waals surface area contributed by atoms with Crippen molar-refractivity contribution in [3.8, 4) is 6.07 Å². The van der Waals surface area contributed by atoms with Crippen LogP contribution in [-0.2, 0) is 14.8 Å². The van der Waals surface area contributed by atoms with Crippen LogP contribution in [0, 0.1) is 11.3 Å². The van der Waals surface area contributed by atoms with Crippen molar-refractivity contribution in [3.05, 3.63) is 23.9 Å². The van der Waals surface area contributed by atoms with Gasteiger partial charge in [0.05, 0.1) is 17.4 Å². The molecule has 1 fully saturated rings. The predicted octanol–water partition coefficient (Wildman–Crippen LogP) is 0.874. The van der Waals surface area contributed by atoms with Crippen molar-refractivity contribution >= 4 is 15.8 Å². The first-order valence-electron chi connectivity index (χ1n) is 5.57. The van der Waals surface area contributed by atoms with E-state index in [9.17, 15) is 8.42 Å². The third-order valence-corrected chi connectivity index (χ3v) is 3.91. The molecule has 0 aromatic carbocycles. The summed E-state index contributed by atoms with van der Waals surface area (Å²) in [6, 6.07) is 4.89. The number of pyridine rings is 1. The van der Waals surface area contributed by atoms with Crippen molar-refractivity contribution in [2.75, 3.05) is 17.1 Å². The van der Waals surface area contributed by atoms with Crippen molar-refractivity contribution in [2.24, 2.45) is 0 Å². The quantitative estimate of drug-likeness (QED) is 0.874. The first kappa shape index (κ1) is 12.8. The Labute approximate surface area is 106 Å². The summed E-state index contributed by atoms with van der Waals surface area (Å²) in [4.78, 5) is 3.86. The van der Waals surface area contributed by atoms with Gasteiger partial charge in [0, 0.05) is 12.8 Å². The van der Waals surface area contributed by atoms with Gasteiger partial charge in [0.2, 0.25) is 10.0 Å². The van der Waals surface area contributed by atoms with Crippen molar-refractivity contribution in [1.82, 2.24) is 4.98 Å². The number of nitriles is 1. The fraction of sp³-hybridized carbons (Fsp3) is 0.455. The molecule has 1 atom stereocenters. The molecule has 0 saturated carbocycles. The van der Waals surface area contributed by atoms with E-state index >= 15 is 0 Å². The number of sulfonamides is 1. The van der Waals surface area contributed by atoms with E-state index in [1.807, 2.05) is 6.07 Å². The van der Waals surface area contributed by atoms with E-state index in [1.165, 1.54) is 18.3 Å². The van der Waals surface area contributed by atoms with Crippen LogP contribution in [0.25, 0.3) is 0 Å². The Morgan fingerprint density at radius 1 is 1.56 bits per heavy atom. The molecular weight excluding hydrogens is 254 g/mol. The SMILES string of the molecule is N#Cc1ccc(NS(=O)(=O)CC2CCCO2)nc1. The molecule has 6 nitrogen and oxygen atoms in total. The first-order valence-corrected chi connectivity index (χ1v) is 7.22. The van der Waals surface area contributed by atoms with Crippen molar-refractivity contribution in [2.45, 2.75) is 18.9 Å². The molecule has 0 amide bonds. The largest absolute Gasteiger partial charge is 0.377 e. The number of hydrogen-bond acceptors (Lipinski definition) is 5. The van der Waals surface area contributed by atoms with E-state index in [4.69, 9.17) is 10.00 Å². The first-order chi connectivity index (χ1) is 8.59. The third-order valence-electron chi connectivity index (χ3n) is 2.58. The third kappa shape index (κ3) is 3.42. The van der Waals surface area contributed by atoms with Gasteiger partial charge < -0.3 is 4.74 Å². The maximum Gasteiger partial charge on any atom is 0.236 e. The second kappa shape index (κ2) is 5.33. The highest BCUT2D eigenvalue weighted by Crippen LogP contribution is 2.15. The lowest BCUT2D eigenvalue weighted by atomic mass is 10.3. The Morgan fingerprint density at radius 2 is 2.39 bits per heavy atom. The van der Waals surface area contributed by atoms with Gasteiger partial charge in [0.25, 0.3) is 0 Å². The van der Waals surface area contributed by atoms with Gasteiger partial charge in [-0.2, -0.15) is 5.26 Å². The molecule has 0 bridgehead atoms. The van der Waals surface area contributed by atoms with E-state index in [-0.39, 0.29) is 17.7 Å². The molecule has 0 radical (unpaired) electrons. The zero-order chi connectivity index (χ0) is 13.0. The average Bonchev–Trinajstić information content (AvgIpc) is 2.81. The van der Waals surface area contributed by atoms with Crippen molar-refractivity contribution < 1.29 is 13.2 Å². The monoisotopic (exact) mass is 267 g/mol. The molecule has 1 N–H and O–H groups in total. The number of ether oxygens (including phenoxy) is 1. The van der Waals surface area contributed by atoms with Gasteiger partial charge in [-0.25, -0.2) is 13.4 Å². The Morgan fingerprint density at radius 3 is 2.94 bits per heavy atom. The van der Waals surface area contributed by atoms with E-state index in [0.717, 1.165) is 12.8 Å². The topological polar surface area (TPSA) is 92.1 Å². The number of nitrogens with zero attached hydrogens (tertiary/aromatic N) is 2. The van der Waals surface area contributed by atoms with Gasteiger partial charge in [-0.3, -0.25) is 4.72 Å². The Hall–Kier alpha value is -1.65.